The van der Waals surface area contributed by atoms with Gasteiger partial charge in [0.25, 0.3) is 5.91 Å². The van der Waals surface area contributed by atoms with Crippen molar-refractivity contribution in [2.45, 2.75) is 6.92 Å². The average Bonchev–Trinajstić information content (AvgIpc) is 2.58. The van der Waals surface area contributed by atoms with Crippen molar-refractivity contribution in [2.75, 3.05) is 18.6 Å². The number of rotatable bonds is 4. The molecule has 0 spiro atoms. The molecule has 0 saturated carbocycles. The fourth-order valence-electron chi connectivity index (χ4n) is 1.97. The van der Waals surface area contributed by atoms with Crippen LogP contribution in [-0.2, 0) is 9.53 Å². The lowest BCUT2D eigenvalue weighted by molar-refractivity contribution is -0.121. The van der Waals surface area contributed by atoms with Gasteiger partial charge in [-0.05, 0) is 48.9 Å². The average molecular weight is 308 g/mol. The highest BCUT2D eigenvalue weighted by Gasteiger charge is 2.14. The van der Waals surface area contributed by atoms with Crippen molar-refractivity contribution in [1.29, 1.82) is 5.26 Å². The molecule has 2 rings (SSSR count). The van der Waals surface area contributed by atoms with Crippen LogP contribution in [0.25, 0.3) is 0 Å². The van der Waals surface area contributed by atoms with Crippen LogP contribution in [0.5, 0.6) is 0 Å². The first-order chi connectivity index (χ1) is 11.0. The van der Waals surface area contributed by atoms with E-state index in [0.717, 1.165) is 11.3 Å². The number of aryl methyl sites for hydroxylation is 1. The molecule has 116 valence electrons. The van der Waals surface area contributed by atoms with Crippen LogP contribution in [0, 0.1) is 18.3 Å². The Morgan fingerprint density at radius 2 is 1.87 bits per heavy atom. The first-order valence-corrected chi connectivity index (χ1v) is 7.02. The summed E-state index contributed by atoms with van der Waals surface area (Å²) >= 11 is 0. The van der Waals surface area contributed by atoms with E-state index in [9.17, 15) is 9.59 Å². The van der Waals surface area contributed by atoms with Crippen LogP contribution in [0.3, 0.4) is 0 Å². The van der Waals surface area contributed by atoms with Crippen molar-refractivity contribution in [3.63, 3.8) is 0 Å². The second-order valence-electron chi connectivity index (χ2n) is 5.06. The molecule has 0 aromatic heterocycles. The molecule has 0 atom stereocenters. The van der Waals surface area contributed by atoms with E-state index in [0.29, 0.717) is 11.1 Å². The normalized spacial score (nSPS) is 9.78. The van der Waals surface area contributed by atoms with E-state index >= 15 is 0 Å². The molecule has 5 heteroatoms. The van der Waals surface area contributed by atoms with Crippen molar-refractivity contribution < 1.29 is 14.3 Å². The third-order valence-corrected chi connectivity index (χ3v) is 3.34. The number of nitrogens with zero attached hydrogens (tertiary/aromatic N) is 2. The Kier molecular flexibility index (Phi) is 5.11. The van der Waals surface area contributed by atoms with Crippen LogP contribution in [-0.4, -0.2) is 25.5 Å². The molecular weight excluding hydrogens is 292 g/mol. The molecule has 0 bridgehead atoms. The second kappa shape index (κ2) is 7.23. The van der Waals surface area contributed by atoms with Gasteiger partial charge >= 0.3 is 5.97 Å². The second-order valence-corrected chi connectivity index (χ2v) is 5.06. The first-order valence-electron chi connectivity index (χ1n) is 7.02. The number of carbonyl (C=O) groups is 2. The number of hydrogen-bond donors (Lipinski definition) is 0. The fourth-order valence-corrected chi connectivity index (χ4v) is 1.97. The van der Waals surface area contributed by atoms with Crippen molar-refractivity contribution in [3.8, 4) is 6.07 Å². The molecule has 2 aromatic carbocycles. The number of ether oxygens (including phenoxy) is 1. The molecule has 0 unspecified atom stereocenters. The number of hydrogen-bond acceptors (Lipinski definition) is 4. The maximum absolute atomic E-state index is 12.1. The summed E-state index contributed by atoms with van der Waals surface area (Å²) in [6.45, 7) is 1.59. The monoisotopic (exact) mass is 308 g/mol. The van der Waals surface area contributed by atoms with E-state index in [-0.39, 0.29) is 12.5 Å². The number of amides is 1. The molecule has 0 radical (unpaired) electrons. The van der Waals surface area contributed by atoms with Gasteiger partial charge in [-0.25, -0.2) is 4.79 Å². The molecule has 5 nitrogen and oxygen atoms in total. The van der Waals surface area contributed by atoms with Crippen LogP contribution in [0.4, 0.5) is 5.69 Å². The lowest BCUT2D eigenvalue weighted by Crippen LogP contribution is -2.31. The Hall–Kier alpha value is -3.13. The molecule has 0 aliphatic rings. The smallest absolute Gasteiger partial charge is 0.338 e. The first kappa shape index (κ1) is 16.2. The molecular formula is C18H16N2O3. The summed E-state index contributed by atoms with van der Waals surface area (Å²) in [5.74, 6) is -0.918. The highest BCUT2D eigenvalue weighted by Crippen LogP contribution is 2.14. The molecule has 0 aliphatic heterocycles. The standard InChI is InChI=1S/C18H16N2O3/c1-13-4-3-5-16(10-13)20(2)17(21)12-23-18(22)15-8-6-14(11-19)7-9-15/h3-10H,12H2,1-2H3. The van der Waals surface area contributed by atoms with Gasteiger partial charge in [-0.15, -0.1) is 0 Å². The van der Waals surface area contributed by atoms with E-state index in [1.54, 1.807) is 7.05 Å². The summed E-state index contributed by atoms with van der Waals surface area (Å²) in [4.78, 5) is 25.4. The van der Waals surface area contributed by atoms with Crippen LogP contribution >= 0.6 is 0 Å². The summed E-state index contributed by atoms with van der Waals surface area (Å²) in [6.07, 6.45) is 0. The predicted octanol–water partition coefficient (Wildman–Crippen LogP) is 2.69. The Bertz CT molecular complexity index is 761. The zero-order valence-electron chi connectivity index (χ0n) is 12.9. The molecule has 0 N–H and O–H groups in total. The predicted molar refractivity (Wildman–Crippen MR) is 86.0 cm³/mol. The summed E-state index contributed by atoms with van der Waals surface area (Å²) in [6, 6.07) is 15.5. The minimum absolute atomic E-state index is 0.301. The molecule has 1 amide bonds. The minimum atomic E-state index is -0.597. The third-order valence-electron chi connectivity index (χ3n) is 3.34. The van der Waals surface area contributed by atoms with E-state index in [2.05, 4.69) is 0 Å². The van der Waals surface area contributed by atoms with Crippen LogP contribution < -0.4 is 4.90 Å². The van der Waals surface area contributed by atoms with Crippen molar-refractivity contribution in [1.82, 2.24) is 0 Å². The van der Waals surface area contributed by atoms with Gasteiger partial charge in [-0.1, -0.05) is 12.1 Å². The maximum atomic E-state index is 12.1. The van der Waals surface area contributed by atoms with Crippen molar-refractivity contribution in [2.24, 2.45) is 0 Å². The number of benzene rings is 2. The minimum Gasteiger partial charge on any atom is -0.452 e. The lowest BCUT2D eigenvalue weighted by Gasteiger charge is -2.17. The Balaban J connectivity index is 1.95. The fraction of sp³-hybridized carbons (Fsp3) is 0.167. The number of esters is 1. The number of carbonyl (C=O) groups excluding carboxylic acids is 2. The van der Waals surface area contributed by atoms with Gasteiger partial charge in [0.2, 0.25) is 0 Å². The van der Waals surface area contributed by atoms with Gasteiger partial charge in [0.15, 0.2) is 6.61 Å². The zero-order chi connectivity index (χ0) is 16.8. The van der Waals surface area contributed by atoms with Gasteiger partial charge in [0, 0.05) is 12.7 Å². The van der Waals surface area contributed by atoms with Gasteiger partial charge in [0.05, 0.1) is 17.2 Å². The summed E-state index contributed by atoms with van der Waals surface area (Å²) in [5.41, 5.74) is 2.54. The van der Waals surface area contributed by atoms with Gasteiger partial charge in [0.1, 0.15) is 0 Å². The van der Waals surface area contributed by atoms with Crippen LogP contribution in [0.15, 0.2) is 48.5 Å². The molecule has 0 fully saturated rings. The van der Waals surface area contributed by atoms with Gasteiger partial charge < -0.3 is 9.64 Å². The topological polar surface area (TPSA) is 70.4 Å². The molecule has 0 aliphatic carbocycles. The van der Waals surface area contributed by atoms with Crippen molar-refractivity contribution in [3.05, 3.63) is 65.2 Å². The molecule has 0 saturated heterocycles. The van der Waals surface area contributed by atoms with Crippen LogP contribution in [0.1, 0.15) is 21.5 Å². The molecule has 0 heterocycles. The summed E-state index contributed by atoms with van der Waals surface area (Å²) in [5, 5.41) is 8.72. The summed E-state index contributed by atoms with van der Waals surface area (Å²) in [7, 11) is 1.63. The van der Waals surface area contributed by atoms with E-state index in [1.165, 1.54) is 29.2 Å². The number of nitriles is 1. The maximum Gasteiger partial charge on any atom is 0.338 e. The van der Waals surface area contributed by atoms with E-state index < -0.39 is 5.97 Å². The largest absolute Gasteiger partial charge is 0.452 e. The van der Waals surface area contributed by atoms with E-state index in [1.807, 2.05) is 37.3 Å². The Morgan fingerprint density at radius 1 is 1.17 bits per heavy atom. The highest BCUT2D eigenvalue weighted by molar-refractivity contribution is 5.96. The number of likely N-dealkylation sites (N-methyl/N-ethyl adjacent to an activating group) is 1. The number of anilines is 1. The summed E-state index contributed by atoms with van der Waals surface area (Å²) < 4.78 is 5.02. The molecule has 2 aromatic rings. The van der Waals surface area contributed by atoms with Gasteiger partial charge in [-0.2, -0.15) is 5.26 Å². The zero-order valence-corrected chi connectivity index (χ0v) is 12.9. The highest BCUT2D eigenvalue weighted by atomic mass is 16.5. The third kappa shape index (κ3) is 4.17. The quantitative estimate of drug-likeness (QED) is 0.814. The molecule has 23 heavy (non-hydrogen) atoms. The lowest BCUT2D eigenvalue weighted by atomic mass is 10.1. The SMILES string of the molecule is Cc1cccc(N(C)C(=O)COC(=O)c2ccc(C#N)cc2)c1. The van der Waals surface area contributed by atoms with Crippen molar-refractivity contribution >= 4 is 17.6 Å². The Morgan fingerprint density at radius 3 is 2.48 bits per heavy atom. The van der Waals surface area contributed by atoms with Crippen LogP contribution in [0.2, 0.25) is 0 Å². The van der Waals surface area contributed by atoms with Gasteiger partial charge in [-0.3, -0.25) is 4.79 Å². The Labute approximate surface area is 134 Å². The van der Waals surface area contributed by atoms with E-state index in [4.69, 9.17) is 10.00 Å².